The van der Waals surface area contributed by atoms with Gasteiger partial charge in [0.25, 0.3) is 0 Å². The van der Waals surface area contributed by atoms with Gasteiger partial charge in [-0.2, -0.15) is 0 Å². The molecule has 1 saturated carbocycles. The molecule has 0 unspecified atom stereocenters. The summed E-state index contributed by atoms with van der Waals surface area (Å²) in [6.07, 6.45) is 7.77. The minimum absolute atomic E-state index is 0.0577. The van der Waals surface area contributed by atoms with E-state index in [0.717, 1.165) is 18.4 Å². The number of carbonyl (C=O) groups excluding carboxylic acids is 1. The van der Waals surface area contributed by atoms with Gasteiger partial charge in [0.15, 0.2) is 0 Å². The number of rotatable bonds is 6. The predicted molar refractivity (Wildman–Crippen MR) is 126 cm³/mol. The van der Waals surface area contributed by atoms with Gasteiger partial charge in [0, 0.05) is 18.9 Å². The molecule has 3 nitrogen and oxygen atoms in total. The van der Waals surface area contributed by atoms with Crippen LogP contribution in [0.15, 0.2) is 72.8 Å². The number of benzene rings is 2. The maximum atomic E-state index is 13.6. The van der Waals surface area contributed by atoms with Crippen molar-refractivity contribution in [3.05, 3.63) is 83.9 Å². The van der Waals surface area contributed by atoms with E-state index in [1.807, 2.05) is 30.4 Å². The van der Waals surface area contributed by atoms with E-state index in [1.54, 1.807) is 0 Å². The molecule has 31 heavy (non-hydrogen) atoms. The Labute approximate surface area is 186 Å². The van der Waals surface area contributed by atoms with Gasteiger partial charge in [-0.1, -0.05) is 100 Å². The summed E-state index contributed by atoms with van der Waals surface area (Å²) < 4.78 is 6.39. The molecule has 1 N–H and O–H groups in total. The SMILES string of the molecule is C[C@@H]1CC[C@@H](C(C)(C)c2ccccc2)[C@H](OC(=O)[C@@]2(Cc3ccccc3)C=CCN2)C1. The van der Waals surface area contributed by atoms with Crippen molar-refractivity contribution in [2.75, 3.05) is 6.54 Å². The van der Waals surface area contributed by atoms with Crippen LogP contribution in [0.5, 0.6) is 0 Å². The average molecular weight is 418 g/mol. The quantitative estimate of drug-likeness (QED) is 0.501. The van der Waals surface area contributed by atoms with Gasteiger partial charge >= 0.3 is 5.97 Å². The molecule has 0 radical (unpaired) electrons. The van der Waals surface area contributed by atoms with Gasteiger partial charge in [-0.3, -0.25) is 5.32 Å². The molecular formula is C28H35NO2. The lowest BCUT2D eigenvalue weighted by Gasteiger charge is -2.44. The maximum Gasteiger partial charge on any atom is 0.331 e. The summed E-state index contributed by atoms with van der Waals surface area (Å²) in [7, 11) is 0. The summed E-state index contributed by atoms with van der Waals surface area (Å²) in [5.41, 5.74) is 1.62. The van der Waals surface area contributed by atoms with E-state index in [-0.39, 0.29) is 17.5 Å². The normalized spacial score (nSPS) is 28.4. The van der Waals surface area contributed by atoms with E-state index in [4.69, 9.17) is 4.74 Å². The molecule has 1 aliphatic heterocycles. The minimum atomic E-state index is -0.774. The maximum absolute atomic E-state index is 13.6. The van der Waals surface area contributed by atoms with E-state index >= 15 is 0 Å². The molecule has 1 aliphatic carbocycles. The van der Waals surface area contributed by atoms with Gasteiger partial charge in [0.05, 0.1) is 0 Å². The monoisotopic (exact) mass is 417 g/mol. The van der Waals surface area contributed by atoms with E-state index in [0.29, 0.717) is 24.8 Å². The van der Waals surface area contributed by atoms with Crippen LogP contribution in [0.2, 0.25) is 0 Å². The molecule has 0 saturated heterocycles. The summed E-state index contributed by atoms with van der Waals surface area (Å²) in [6, 6.07) is 20.9. The number of nitrogens with one attached hydrogen (secondary N) is 1. The second-order valence-electron chi connectivity index (χ2n) is 9.97. The molecular weight excluding hydrogens is 382 g/mol. The predicted octanol–water partition coefficient (Wildman–Crippen LogP) is 5.45. The molecule has 0 spiro atoms. The minimum Gasteiger partial charge on any atom is -0.460 e. The Morgan fingerprint density at radius 2 is 1.74 bits per heavy atom. The van der Waals surface area contributed by atoms with Gasteiger partial charge in [0.2, 0.25) is 0 Å². The van der Waals surface area contributed by atoms with E-state index in [2.05, 4.69) is 68.6 Å². The van der Waals surface area contributed by atoms with Crippen LogP contribution >= 0.6 is 0 Å². The molecule has 0 aromatic heterocycles. The molecule has 2 aliphatic rings. The Balaban J connectivity index is 1.57. The lowest BCUT2D eigenvalue weighted by Crippen LogP contribution is -2.53. The first-order valence-corrected chi connectivity index (χ1v) is 11.6. The third kappa shape index (κ3) is 4.62. The fourth-order valence-electron chi connectivity index (χ4n) is 5.42. The van der Waals surface area contributed by atoms with Crippen LogP contribution in [0.4, 0.5) is 0 Å². The highest BCUT2D eigenvalue weighted by molar-refractivity contribution is 5.85. The third-order valence-corrected chi connectivity index (χ3v) is 7.38. The number of carbonyl (C=O) groups is 1. The highest BCUT2D eigenvalue weighted by atomic mass is 16.5. The Hall–Kier alpha value is -2.39. The van der Waals surface area contributed by atoms with Gasteiger partial charge < -0.3 is 4.74 Å². The van der Waals surface area contributed by atoms with Crippen LogP contribution in [0.1, 0.15) is 51.2 Å². The van der Waals surface area contributed by atoms with Crippen LogP contribution in [0.25, 0.3) is 0 Å². The molecule has 164 valence electrons. The van der Waals surface area contributed by atoms with Gasteiger partial charge in [-0.25, -0.2) is 4.79 Å². The van der Waals surface area contributed by atoms with Crippen LogP contribution in [0, 0.1) is 11.8 Å². The fraction of sp³-hybridized carbons (Fsp3) is 0.464. The number of esters is 1. The largest absolute Gasteiger partial charge is 0.460 e. The van der Waals surface area contributed by atoms with Crippen molar-refractivity contribution in [2.45, 2.75) is 63.5 Å². The molecule has 2 aromatic carbocycles. The van der Waals surface area contributed by atoms with E-state index < -0.39 is 5.54 Å². The molecule has 0 amide bonds. The number of hydrogen-bond acceptors (Lipinski definition) is 3. The van der Waals surface area contributed by atoms with Crippen molar-refractivity contribution in [3.8, 4) is 0 Å². The number of ether oxygens (including phenoxy) is 1. The summed E-state index contributed by atoms with van der Waals surface area (Å²) in [5.74, 6) is 0.727. The van der Waals surface area contributed by atoms with Gasteiger partial charge in [0.1, 0.15) is 11.6 Å². The van der Waals surface area contributed by atoms with Gasteiger partial charge in [-0.15, -0.1) is 0 Å². The lowest BCUT2D eigenvalue weighted by molar-refractivity contribution is -0.162. The zero-order valence-electron chi connectivity index (χ0n) is 19.0. The zero-order valence-corrected chi connectivity index (χ0v) is 19.0. The molecule has 1 fully saturated rings. The Morgan fingerprint density at radius 3 is 2.39 bits per heavy atom. The van der Waals surface area contributed by atoms with Crippen molar-refractivity contribution in [3.63, 3.8) is 0 Å². The molecule has 2 aromatic rings. The van der Waals surface area contributed by atoms with Crippen LogP contribution in [-0.4, -0.2) is 24.2 Å². The Bertz CT molecular complexity index is 905. The first-order valence-electron chi connectivity index (χ1n) is 11.6. The highest BCUT2D eigenvalue weighted by Crippen LogP contribution is 2.44. The standard InChI is InChI=1S/C28H35NO2/c1-21-15-16-24(27(2,3)23-13-8-5-9-14-23)25(19-21)31-26(30)28(17-10-18-29-28)20-22-11-6-4-7-12-22/h4-14,17,21,24-25,29H,15-16,18-20H2,1-3H3/t21-,24-,25-,28+/m1/s1. The van der Waals surface area contributed by atoms with Crippen LogP contribution in [-0.2, 0) is 21.4 Å². The number of hydrogen-bond donors (Lipinski definition) is 1. The zero-order chi connectivity index (χ0) is 21.9. The Kier molecular flexibility index (Phi) is 6.34. The molecule has 4 atom stereocenters. The van der Waals surface area contributed by atoms with E-state index in [1.165, 1.54) is 12.0 Å². The van der Waals surface area contributed by atoms with Crippen LogP contribution < -0.4 is 5.32 Å². The lowest BCUT2D eigenvalue weighted by atomic mass is 9.64. The van der Waals surface area contributed by atoms with E-state index in [9.17, 15) is 4.79 Å². The molecule has 3 heteroatoms. The topological polar surface area (TPSA) is 38.3 Å². The molecule has 1 heterocycles. The second-order valence-corrected chi connectivity index (χ2v) is 9.97. The van der Waals surface area contributed by atoms with Gasteiger partial charge in [-0.05, 0) is 35.3 Å². The van der Waals surface area contributed by atoms with Crippen molar-refractivity contribution in [1.82, 2.24) is 5.32 Å². The van der Waals surface area contributed by atoms with Crippen molar-refractivity contribution in [2.24, 2.45) is 11.8 Å². The third-order valence-electron chi connectivity index (χ3n) is 7.38. The first kappa shape index (κ1) is 21.8. The fourth-order valence-corrected chi connectivity index (χ4v) is 5.42. The van der Waals surface area contributed by atoms with Crippen molar-refractivity contribution in [1.29, 1.82) is 0 Å². The van der Waals surface area contributed by atoms with Crippen molar-refractivity contribution >= 4 is 5.97 Å². The summed E-state index contributed by atoms with van der Waals surface area (Å²) >= 11 is 0. The van der Waals surface area contributed by atoms with Crippen LogP contribution in [0.3, 0.4) is 0 Å². The smallest absolute Gasteiger partial charge is 0.331 e. The second kappa shape index (κ2) is 9.00. The summed E-state index contributed by atoms with van der Waals surface area (Å²) in [4.78, 5) is 13.6. The summed E-state index contributed by atoms with van der Waals surface area (Å²) in [5, 5.41) is 3.42. The Morgan fingerprint density at radius 1 is 1.06 bits per heavy atom. The highest BCUT2D eigenvalue weighted by Gasteiger charge is 2.46. The van der Waals surface area contributed by atoms with Crippen molar-refractivity contribution < 1.29 is 9.53 Å². The summed E-state index contributed by atoms with van der Waals surface area (Å²) in [6.45, 7) is 7.58. The average Bonchev–Trinajstić information content (AvgIpc) is 3.25. The first-order chi connectivity index (χ1) is 14.9. The molecule has 0 bridgehead atoms. The molecule has 4 rings (SSSR count).